The summed E-state index contributed by atoms with van der Waals surface area (Å²) < 4.78 is 18.0. The first kappa shape index (κ1) is 28.9. The minimum Gasteiger partial charge on any atom is -0.497 e. The molecule has 0 bridgehead atoms. The molecule has 0 atom stereocenters. The van der Waals surface area contributed by atoms with Gasteiger partial charge in [0.1, 0.15) is 12.4 Å². The summed E-state index contributed by atoms with van der Waals surface area (Å²) in [6.07, 6.45) is 2.67. The summed E-state index contributed by atoms with van der Waals surface area (Å²) >= 11 is 0. The molecule has 0 aliphatic carbocycles. The lowest BCUT2D eigenvalue weighted by Crippen LogP contribution is -2.44. The maximum absolute atomic E-state index is 13.7. The molecular weight excluding hydrogens is 482 g/mol. The molecule has 0 unspecified atom stereocenters. The number of carbonyl (C=O) groups excluding carboxylic acids is 2. The predicted octanol–water partition coefficient (Wildman–Crippen LogP) is 3.98. The van der Waals surface area contributed by atoms with Gasteiger partial charge in [-0.1, -0.05) is 42.5 Å². The number of methoxy groups -OCH3 is 2. The van der Waals surface area contributed by atoms with E-state index in [0.717, 1.165) is 22.6 Å². The van der Waals surface area contributed by atoms with E-state index in [1.165, 1.54) is 7.11 Å². The Hall–Kier alpha value is -3.62. The summed E-state index contributed by atoms with van der Waals surface area (Å²) in [6, 6.07) is 21.9. The molecule has 0 saturated carbocycles. The molecule has 2 amide bonds. The maximum Gasteiger partial charge on any atom is 0.249 e. The maximum atomic E-state index is 13.7. The normalized spacial score (nSPS) is 10.8. The molecule has 204 valence electrons. The van der Waals surface area contributed by atoms with Crippen molar-refractivity contribution in [1.82, 2.24) is 14.4 Å². The second kappa shape index (κ2) is 15.6. The van der Waals surface area contributed by atoms with Gasteiger partial charge in [-0.25, -0.2) is 0 Å². The van der Waals surface area contributed by atoms with E-state index in [0.29, 0.717) is 45.8 Å². The summed E-state index contributed by atoms with van der Waals surface area (Å²) in [7, 11) is 3.14. The SMILES string of the molecule is CCOCCCN(CC(=O)N(Cc1ccccc1)Cc1cccn1Cc1cccc(OC)c1)C(=O)COC. The topological polar surface area (TPSA) is 73.2 Å². The van der Waals surface area contributed by atoms with Crippen LogP contribution in [0.1, 0.15) is 30.2 Å². The Balaban J connectivity index is 1.78. The Kier molecular flexibility index (Phi) is 11.9. The number of carbonyl (C=O) groups is 2. The highest BCUT2D eigenvalue weighted by Gasteiger charge is 2.22. The molecule has 38 heavy (non-hydrogen) atoms. The highest BCUT2D eigenvalue weighted by atomic mass is 16.5. The zero-order chi connectivity index (χ0) is 27.2. The summed E-state index contributed by atoms with van der Waals surface area (Å²) in [5.41, 5.74) is 3.13. The van der Waals surface area contributed by atoms with Gasteiger partial charge < -0.3 is 28.6 Å². The van der Waals surface area contributed by atoms with Crippen LogP contribution in [0.2, 0.25) is 0 Å². The van der Waals surface area contributed by atoms with Gasteiger partial charge in [0, 0.05) is 51.8 Å². The van der Waals surface area contributed by atoms with E-state index in [2.05, 4.69) is 10.6 Å². The molecule has 2 aromatic carbocycles. The summed E-state index contributed by atoms with van der Waals surface area (Å²) in [5.74, 6) is 0.476. The number of aromatic nitrogens is 1. The first-order chi connectivity index (χ1) is 18.5. The average molecular weight is 522 g/mol. The van der Waals surface area contributed by atoms with E-state index in [1.807, 2.05) is 78.7 Å². The third-order valence-corrected chi connectivity index (χ3v) is 6.20. The van der Waals surface area contributed by atoms with Gasteiger partial charge in [-0.3, -0.25) is 9.59 Å². The smallest absolute Gasteiger partial charge is 0.249 e. The Labute approximate surface area is 225 Å². The van der Waals surface area contributed by atoms with Gasteiger partial charge in [0.25, 0.3) is 0 Å². The van der Waals surface area contributed by atoms with Crippen LogP contribution in [0, 0.1) is 0 Å². The molecule has 0 aliphatic heterocycles. The lowest BCUT2D eigenvalue weighted by atomic mass is 10.2. The molecule has 0 spiro atoms. The first-order valence-corrected chi connectivity index (χ1v) is 13.0. The number of hydrogen-bond donors (Lipinski definition) is 0. The Morgan fingerprint density at radius 3 is 2.39 bits per heavy atom. The molecule has 3 rings (SSSR count). The van der Waals surface area contributed by atoms with Gasteiger partial charge in [-0.15, -0.1) is 0 Å². The van der Waals surface area contributed by atoms with E-state index >= 15 is 0 Å². The largest absolute Gasteiger partial charge is 0.497 e. The van der Waals surface area contributed by atoms with E-state index in [4.69, 9.17) is 14.2 Å². The molecule has 0 saturated heterocycles. The van der Waals surface area contributed by atoms with Crippen molar-refractivity contribution in [2.24, 2.45) is 0 Å². The Morgan fingerprint density at radius 1 is 0.868 bits per heavy atom. The molecule has 1 heterocycles. The number of benzene rings is 2. The van der Waals surface area contributed by atoms with Gasteiger partial charge >= 0.3 is 0 Å². The van der Waals surface area contributed by atoms with Gasteiger partial charge in [0.2, 0.25) is 11.8 Å². The molecule has 8 heteroatoms. The van der Waals surface area contributed by atoms with E-state index in [9.17, 15) is 9.59 Å². The van der Waals surface area contributed by atoms with Crippen LogP contribution in [0.3, 0.4) is 0 Å². The van der Waals surface area contributed by atoms with Crippen LogP contribution in [0.5, 0.6) is 5.75 Å². The summed E-state index contributed by atoms with van der Waals surface area (Å²) in [4.78, 5) is 29.8. The lowest BCUT2D eigenvalue weighted by molar-refractivity contribution is -0.143. The van der Waals surface area contributed by atoms with Gasteiger partial charge in [-0.05, 0) is 48.7 Å². The van der Waals surface area contributed by atoms with E-state index in [1.54, 1.807) is 12.0 Å². The van der Waals surface area contributed by atoms with Crippen molar-refractivity contribution in [3.05, 3.63) is 89.7 Å². The molecule has 0 fully saturated rings. The molecule has 1 aromatic heterocycles. The second-order valence-corrected chi connectivity index (χ2v) is 9.01. The summed E-state index contributed by atoms with van der Waals surface area (Å²) in [6.45, 7) is 4.94. The van der Waals surface area contributed by atoms with E-state index in [-0.39, 0.29) is 25.0 Å². The fourth-order valence-corrected chi connectivity index (χ4v) is 4.22. The monoisotopic (exact) mass is 521 g/mol. The van der Waals surface area contributed by atoms with Gasteiger partial charge in [-0.2, -0.15) is 0 Å². The van der Waals surface area contributed by atoms with Crippen molar-refractivity contribution in [2.75, 3.05) is 47.1 Å². The predicted molar refractivity (Wildman–Crippen MR) is 147 cm³/mol. The molecule has 0 radical (unpaired) electrons. The third kappa shape index (κ3) is 9.04. The minimum absolute atomic E-state index is 0.0161. The standard InChI is InChI=1S/C30H39N3O5/c1-4-38-18-10-17-32(30(35)24-36-2)23-29(34)33(20-25-11-6-5-7-12-25)22-27-14-9-16-31(27)21-26-13-8-15-28(19-26)37-3/h5-9,11-16,19H,4,10,17-18,20-24H2,1-3H3. The molecule has 3 aromatic rings. The van der Waals surface area contributed by atoms with Crippen LogP contribution >= 0.6 is 0 Å². The van der Waals surface area contributed by atoms with E-state index < -0.39 is 0 Å². The van der Waals surface area contributed by atoms with Crippen LogP contribution in [0.15, 0.2) is 72.9 Å². The van der Waals surface area contributed by atoms with Crippen LogP contribution in [-0.2, 0) is 38.7 Å². The molecule has 8 nitrogen and oxygen atoms in total. The minimum atomic E-state index is -0.210. The summed E-state index contributed by atoms with van der Waals surface area (Å²) in [5, 5.41) is 0. The number of amides is 2. The molecule has 0 aliphatic rings. The third-order valence-electron chi connectivity index (χ3n) is 6.20. The average Bonchev–Trinajstić information content (AvgIpc) is 3.36. The number of hydrogen-bond acceptors (Lipinski definition) is 5. The second-order valence-electron chi connectivity index (χ2n) is 9.01. The van der Waals surface area contributed by atoms with Crippen LogP contribution in [-0.4, -0.2) is 73.3 Å². The van der Waals surface area contributed by atoms with Crippen molar-refractivity contribution in [3.8, 4) is 5.75 Å². The lowest BCUT2D eigenvalue weighted by Gasteiger charge is -2.28. The van der Waals surface area contributed by atoms with Crippen molar-refractivity contribution in [2.45, 2.75) is 33.0 Å². The quantitative estimate of drug-likeness (QED) is 0.267. The highest BCUT2D eigenvalue weighted by molar-refractivity contribution is 5.85. The molecular formula is C30H39N3O5. The fraction of sp³-hybridized carbons (Fsp3) is 0.400. The van der Waals surface area contributed by atoms with Gasteiger partial charge in [0.05, 0.1) is 20.2 Å². The van der Waals surface area contributed by atoms with Gasteiger partial charge in [0.15, 0.2) is 0 Å². The zero-order valence-electron chi connectivity index (χ0n) is 22.7. The van der Waals surface area contributed by atoms with Crippen LogP contribution in [0.4, 0.5) is 0 Å². The number of rotatable bonds is 16. The van der Waals surface area contributed by atoms with Crippen molar-refractivity contribution in [3.63, 3.8) is 0 Å². The number of nitrogens with zero attached hydrogens (tertiary/aromatic N) is 3. The Morgan fingerprint density at radius 2 is 1.66 bits per heavy atom. The highest BCUT2D eigenvalue weighted by Crippen LogP contribution is 2.17. The van der Waals surface area contributed by atoms with Crippen molar-refractivity contribution in [1.29, 1.82) is 0 Å². The fourth-order valence-electron chi connectivity index (χ4n) is 4.22. The van der Waals surface area contributed by atoms with Crippen LogP contribution < -0.4 is 4.74 Å². The number of ether oxygens (including phenoxy) is 3. The first-order valence-electron chi connectivity index (χ1n) is 13.0. The van der Waals surface area contributed by atoms with Crippen molar-refractivity contribution >= 4 is 11.8 Å². The zero-order valence-corrected chi connectivity index (χ0v) is 22.7. The van der Waals surface area contributed by atoms with Crippen LogP contribution in [0.25, 0.3) is 0 Å². The Bertz CT molecular complexity index is 1130. The molecule has 0 N–H and O–H groups in total. The van der Waals surface area contributed by atoms with Crippen molar-refractivity contribution < 1.29 is 23.8 Å².